The average Bonchev–Trinajstić information content (AvgIpc) is 2.82. The smallest absolute Gasteiger partial charge is 0.242 e. The van der Waals surface area contributed by atoms with Gasteiger partial charge in [-0.1, -0.05) is 6.92 Å². The molecule has 0 spiro atoms. The summed E-state index contributed by atoms with van der Waals surface area (Å²) in [6.07, 6.45) is 5.58. The third kappa shape index (κ3) is 3.35. The first-order chi connectivity index (χ1) is 9.02. The van der Waals surface area contributed by atoms with Gasteiger partial charge in [0, 0.05) is 32.2 Å². The molecule has 1 amide bonds. The Kier molecular flexibility index (Phi) is 4.24. The van der Waals surface area contributed by atoms with Gasteiger partial charge in [-0.3, -0.25) is 4.79 Å². The fraction of sp³-hybridized carbons (Fsp3) is 0.714. The number of ether oxygens (including phenoxy) is 1. The van der Waals surface area contributed by atoms with Crippen LogP contribution in [-0.2, 0) is 9.53 Å². The van der Waals surface area contributed by atoms with E-state index in [9.17, 15) is 4.79 Å². The van der Waals surface area contributed by atoms with E-state index in [-0.39, 0.29) is 17.4 Å². The van der Waals surface area contributed by atoms with Gasteiger partial charge in [-0.2, -0.15) is 0 Å². The van der Waals surface area contributed by atoms with Crippen molar-refractivity contribution in [1.29, 1.82) is 0 Å². The number of carbonyl (C=O) groups excluding carboxylic acids is 1. The molecule has 0 saturated carbocycles. The van der Waals surface area contributed by atoms with E-state index in [1.807, 2.05) is 24.6 Å². The quantitative estimate of drug-likeness (QED) is 0.901. The summed E-state index contributed by atoms with van der Waals surface area (Å²) in [6.45, 7) is 8.32. The van der Waals surface area contributed by atoms with Gasteiger partial charge in [-0.15, -0.1) is 0 Å². The number of aromatic nitrogens is 2. The van der Waals surface area contributed by atoms with Crippen LogP contribution < -0.4 is 5.32 Å². The maximum Gasteiger partial charge on any atom is 0.242 e. The number of hydrogen-bond acceptors (Lipinski definition) is 3. The van der Waals surface area contributed by atoms with Crippen molar-refractivity contribution >= 4 is 5.91 Å². The van der Waals surface area contributed by atoms with E-state index < -0.39 is 0 Å². The van der Waals surface area contributed by atoms with Crippen LogP contribution in [0, 0.1) is 12.3 Å². The van der Waals surface area contributed by atoms with Gasteiger partial charge in [-0.05, 0) is 32.1 Å². The maximum absolute atomic E-state index is 12.2. The van der Waals surface area contributed by atoms with Crippen LogP contribution in [0.2, 0.25) is 0 Å². The number of nitrogens with zero attached hydrogens (tertiary/aromatic N) is 2. The van der Waals surface area contributed by atoms with Crippen LogP contribution in [0.4, 0.5) is 0 Å². The molecule has 1 aliphatic heterocycles. The molecule has 0 aliphatic carbocycles. The molecule has 0 aromatic carbocycles. The summed E-state index contributed by atoms with van der Waals surface area (Å²) in [7, 11) is 0. The SMILES string of the molecule is Cc1nccn1[C@@H](C)C(=O)NCC1(C)CCOCC1. The number of rotatable bonds is 4. The monoisotopic (exact) mass is 265 g/mol. The van der Waals surface area contributed by atoms with Crippen molar-refractivity contribution in [2.24, 2.45) is 5.41 Å². The zero-order valence-electron chi connectivity index (χ0n) is 12.0. The van der Waals surface area contributed by atoms with Crippen LogP contribution in [0.1, 0.15) is 38.6 Å². The summed E-state index contributed by atoms with van der Waals surface area (Å²) in [6, 6.07) is -0.217. The summed E-state index contributed by atoms with van der Waals surface area (Å²) in [5.41, 5.74) is 0.164. The van der Waals surface area contributed by atoms with E-state index in [4.69, 9.17) is 4.74 Å². The number of carbonyl (C=O) groups is 1. The summed E-state index contributed by atoms with van der Waals surface area (Å²) >= 11 is 0. The molecule has 0 bridgehead atoms. The van der Waals surface area contributed by atoms with Crippen molar-refractivity contribution in [2.45, 2.75) is 39.7 Å². The molecular weight excluding hydrogens is 242 g/mol. The van der Waals surface area contributed by atoms with Crippen LogP contribution in [0.15, 0.2) is 12.4 Å². The largest absolute Gasteiger partial charge is 0.381 e. The molecular formula is C14H23N3O2. The normalized spacial score (nSPS) is 19.9. The van der Waals surface area contributed by atoms with Crippen LogP contribution in [0.5, 0.6) is 0 Å². The van der Waals surface area contributed by atoms with Crippen LogP contribution >= 0.6 is 0 Å². The minimum Gasteiger partial charge on any atom is -0.381 e. The lowest BCUT2D eigenvalue weighted by molar-refractivity contribution is -0.124. The van der Waals surface area contributed by atoms with E-state index in [1.165, 1.54) is 0 Å². The Morgan fingerprint density at radius 1 is 1.58 bits per heavy atom. The predicted octanol–water partition coefficient (Wildman–Crippen LogP) is 1.69. The number of amides is 1. The molecule has 1 aromatic heterocycles. The van der Waals surface area contributed by atoms with Gasteiger partial charge in [0.1, 0.15) is 11.9 Å². The fourth-order valence-electron chi connectivity index (χ4n) is 2.41. The Morgan fingerprint density at radius 3 is 2.84 bits per heavy atom. The van der Waals surface area contributed by atoms with E-state index in [0.29, 0.717) is 6.54 Å². The second-order valence-electron chi connectivity index (χ2n) is 5.70. The van der Waals surface area contributed by atoms with E-state index in [2.05, 4.69) is 17.2 Å². The van der Waals surface area contributed by atoms with Crippen molar-refractivity contribution in [3.8, 4) is 0 Å². The molecule has 106 valence electrons. The molecule has 0 unspecified atom stereocenters. The Hall–Kier alpha value is -1.36. The lowest BCUT2D eigenvalue weighted by atomic mass is 9.82. The minimum atomic E-state index is -0.217. The molecule has 5 heteroatoms. The van der Waals surface area contributed by atoms with E-state index in [0.717, 1.165) is 31.9 Å². The molecule has 0 radical (unpaired) electrons. The number of imidazole rings is 1. The van der Waals surface area contributed by atoms with Crippen molar-refractivity contribution < 1.29 is 9.53 Å². The van der Waals surface area contributed by atoms with Gasteiger partial charge >= 0.3 is 0 Å². The van der Waals surface area contributed by atoms with Gasteiger partial charge in [0.05, 0.1) is 0 Å². The summed E-state index contributed by atoms with van der Waals surface area (Å²) in [5, 5.41) is 3.07. The first kappa shape index (κ1) is 14.1. The maximum atomic E-state index is 12.2. The minimum absolute atomic E-state index is 0.0498. The molecule has 5 nitrogen and oxygen atoms in total. The van der Waals surface area contributed by atoms with Gasteiger partial charge in [0.2, 0.25) is 5.91 Å². The Balaban J connectivity index is 1.89. The molecule has 1 N–H and O–H groups in total. The van der Waals surface area contributed by atoms with Crippen molar-refractivity contribution in [1.82, 2.24) is 14.9 Å². The van der Waals surface area contributed by atoms with Gasteiger partial charge in [0.25, 0.3) is 0 Å². The first-order valence-corrected chi connectivity index (χ1v) is 6.87. The van der Waals surface area contributed by atoms with Crippen LogP contribution in [0.25, 0.3) is 0 Å². The Bertz CT molecular complexity index is 436. The van der Waals surface area contributed by atoms with Crippen molar-refractivity contribution in [3.63, 3.8) is 0 Å². The number of nitrogens with one attached hydrogen (secondary N) is 1. The molecule has 2 heterocycles. The molecule has 19 heavy (non-hydrogen) atoms. The lowest BCUT2D eigenvalue weighted by Crippen LogP contribution is -2.41. The van der Waals surface area contributed by atoms with Crippen LogP contribution in [-0.4, -0.2) is 35.2 Å². The molecule has 2 rings (SSSR count). The topological polar surface area (TPSA) is 56.2 Å². The summed E-state index contributed by atoms with van der Waals surface area (Å²) in [5.74, 6) is 0.911. The van der Waals surface area contributed by atoms with E-state index >= 15 is 0 Å². The van der Waals surface area contributed by atoms with Gasteiger partial charge in [0.15, 0.2) is 0 Å². The van der Waals surface area contributed by atoms with Gasteiger partial charge < -0.3 is 14.6 Å². The highest BCUT2D eigenvalue weighted by atomic mass is 16.5. The van der Waals surface area contributed by atoms with Crippen LogP contribution in [0.3, 0.4) is 0 Å². The highest BCUT2D eigenvalue weighted by Crippen LogP contribution is 2.28. The zero-order chi connectivity index (χ0) is 13.9. The Morgan fingerprint density at radius 2 is 2.26 bits per heavy atom. The van der Waals surface area contributed by atoms with Crippen molar-refractivity contribution in [2.75, 3.05) is 19.8 Å². The van der Waals surface area contributed by atoms with Gasteiger partial charge in [-0.25, -0.2) is 4.98 Å². The molecule has 1 saturated heterocycles. The second-order valence-corrected chi connectivity index (χ2v) is 5.70. The van der Waals surface area contributed by atoms with Crippen molar-refractivity contribution in [3.05, 3.63) is 18.2 Å². The fourth-order valence-corrected chi connectivity index (χ4v) is 2.41. The average molecular weight is 265 g/mol. The summed E-state index contributed by atoms with van der Waals surface area (Å²) < 4.78 is 7.26. The Labute approximate surface area is 114 Å². The predicted molar refractivity (Wildman–Crippen MR) is 72.8 cm³/mol. The third-order valence-electron chi connectivity index (χ3n) is 4.05. The molecule has 1 aliphatic rings. The number of aryl methyl sites for hydroxylation is 1. The molecule has 1 fully saturated rings. The summed E-state index contributed by atoms with van der Waals surface area (Å²) in [4.78, 5) is 16.3. The number of hydrogen-bond donors (Lipinski definition) is 1. The van der Waals surface area contributed by atoms with E-state index in [1.54, 1.807) is 6.20 Å². The third-order valence-corrected chi connectivity index (χ3v) is 4.05. The highest BCUT2D eigenvalue weighted by molar-refractivity contribution is 5.80. The standard InChI is InChI=1S/C14H23N3O2/c1-11(17-7-6-15-12(17)2)13(18)16-10-14(3)4-8-19-9-5-14/h6-7,11H,4-5,8-10H2,1-3H3,(H,16,18)/t11-/m0/s1. The first-order valence-electron chi connectivity index (χ1n) is 6.87. The highest BCUT2D eigenvalue weighted by Gasteiger charge is 2.28. The molecule has 1 aromatic rings. The lowest BCUT2D eigenvalue weighted by Gasteiger charge is -2.34. The zero-order valence-corrected chi connectivity index (χ0v) is 12.0. The molecule has 1 atom stereocenters. The second kappa shape index (κ2) is 5.74.